The fourth-order valence-corrected chi connectivity index (χ4v) is 5.87. The normalized spacial score (nSPS) is 17.1. The Morgan fingerprint density at radius 3 is 1.86 bits per heavy atom. The van der Waals surface area contributed by atoms with Gasteiger partial charge >= 0.3 is 24.1 Å². The Kier molecular flexibility index (Phi) is 14.0. The number of rotatable bonds is 15. The summed E-state index contributed by atoms with van der Waals surface area (Å²) < 4.78 is 26.7. The number of hydrogen-bond acceptors (Lipinski definition) is 9. The van der Waals surface area contributed by atoms with Gasteiger partial charge in [0.2, 0.25) is 0 Å². The molecule has 3 atom stereocenters. The maximum Gasteiger partial charge on any atom is 0.513 e. The van der Waals surface area contributed by atoms with E-state index in [9.17, 15) is 19.2 Å². The van der Waals surface area contributed by atoms with Crippen molar-refractivity contribution in [1.82, 2.24) is 0 Å². The summed E-state index contributed by atoms with van der Waals surface area (Å²) in [7, 11) is 0. The first-order chi connectivity index (χ1) is 23.6. The van der Waals surface area contributed by atoms with E-state index in [-0.39, 0.29) is 30.0 Å². The van der Waals surface area contributed by atoms with Crippen molar-refractivity contribution in [2.75, 3.05) is 13.2 Å². The number of hydrogen-bond donors (Lipinski definition) is 0. The maximum absolute atomic E-state index is 13.0. The number of unbranched alkanes of at least 4 members (excludes halogenated alkanes) is 3. The summed E-state index contributed by atoms with van der Waals surface area (Å²) in [5.41, 5.74) is 2.63. The highest BCUT2D eigenvalue weighted by Gasteiger charge is 2.33. The monoisotopic (exact) mass is 670 g/mol. The third-order valence-electron chi connectivity index (χ3n) is 8.70. The van der Waals surface area contributed by atoms with E-state index in [4.69, 9.17) is 23.7 Å². The van der Waals surface area contributed by atoms with E-state index in [1.165, 1.54) is 30.7 Å². The highest BCUT2D eigenvalue weighted by molar-refractivity contribution is 5.91. The molecule has 260 valence electrons. The Morgan fingerprint density at radius 2 is 1.24 bits per heavy atom. The van der Waals surface area contributed by atoms with Crippen molar-refractivity contribution in [1.29, 1.82) is 0 Å². The number of ether oxygens (including phenoxy) is 5. The second-order valence-corrected chi connectivity index (χ2v) is 12.8. The molecule has 1 aliphatic carbocycles. The molecule has 0 saturated heterocycles. The van der Waals surface area contributed by atoms with Crippen LogP contribution in [0.1, 0.15) is 86.4 Å². The van der Waals surface area contributed by atoms with Gasteiger partial charge in [0.15, 0.2) is 0 Å². The molecule has 3 unspecified atom stereocenters. The van der Waals surface area contributed by atoms with Crippen molar-refractivity contribution in [3.63, 3.8) is 0 Å². The van der Waals surface area contributed by atoms with Crippen LogP contribution in [0, 0.1) is 17.8 Å². The zero-order valence-corrected chi connectivity index (χ0v) is 28.6. The SMILES string of the molecule is C=CC(=O)OCCCCCCOC(=O)Oc1ccc(C(=O)Oc2ccc(-c3ccc(C(=O)OC4CC(C)CCC4C(C)C)cc3)cc2)cc1. The lowest BCUT2D eigenvalue weighted by molar-refractivity contribution is -0.137. The fourth-order valence-electron chi connectivity index (χ4n) is 5.87. The van der Waals surface area contributed by atoms with Crippen molar-refractivity contribution in [2.24, 2.45) is 17.8 Å². The van der Waals surface area contributed by atoms with Crippen LogP contribution in [0.25, 0.3) is 11.1 Å². The zero-order chi connectivity index (χ0) is 35.2. The summed E-state index contributed by atoms with van der Waals surface area (Å²) in [5, 5.41) is 0. The fraction of sp³-hybridized carbons (Fsp3) is 0.400. The van der Waals surface area contributed by atoms with Gasteiger partial charge in [-0.15, -0.1) is 0 Å². The lowest BCUT2D eigenvalue weighted by Gasteiger charge is -2.36. The third kappa shape index (κ3) is 11.6. The van der Waals surface area contributed by atoms with Crippen LogP contribution in [0.2, 0.25) is 0 Å². The second-order valence-electron chi connectivity index (χ2n) is 12.8. The smallest absolute Gasteiger partial charge is 0.463 e. The van der Waals surface area contributed by atoms with Crippen molar-refractivity contribution in [3.8, 4) is 22.6 Å². The molecular weight excluding hydrogens is 624 g/mol. The molecule has 49 heavy (non-hydrogen) atoms. The van der Waals surface area contributed by atoms with E-state index in [2.05, 4.69) is 27.4 Å². The minimum atomic E-state index is -0.834. The molecule has 4 rings (SSSR count). The molecule has 3 aromatic rings. The molecule has 0 aliphatic heterocycles. The highest BCUT2D eigenvalue weighted by atomic mass is 16.7. The van der Waals surface area contributed by atoms with Crippen molar-refractivity contribution in [2.45, 2.75) is 71.8 Å². The first-order valence-electron chi connectivity index (χ1n) is 17.0. The van der Waals surface area contributed by atoms with Crippen LogP contribution in [-0.4, -0.2) is 43.4 Å². The molecule has 0 radical (unpaired) electrons. The molecule has 1 saturated carbocycles. The van der Waals surface area contributed by atoms with Gasteiger partial charge in [-0.3, -0.25) is 0 Å². The minimum absolute atomic E-state index is 0.0526. The Hall–Kier alpha value is -4.92. The van der Waals surface area contributed by atoms with Gasteiger partial charge in [-0.25, -0.2) is 19.2 Å². The highest BCUT2D eigenvalue weighted by Crippen LogP contribution is 2.36. The van der Waals surface area contributed by atoms with Crippen LogP contribution in [0.15, 0.2) is 85.5 Å². The van der Waals surface area contributed by atoms with Crippen LogP contribution < -0.4 is 9.47 Å². The summed E-state index contributed by atoms with van der Waals surface area (Å²) in [6, 6.07) is 20.4. The molecule has 0 heterocycles. The standard InChI is InChI=1S/C40H46O9/c1-5-37(41)45-24-8-6-7-9-25-46-40(44)48-34-21-17-32(18-22-34)38(42)47-33-19-15-30(16-20-33)29-11-13-31(14-12-29)39(43)49-36-26-28(4)10-23-35(36)27(2)3/h5,11-22,27-28,35-36H,1,6-10,23-26H2,2-4H3. The van der Waals surface area contributed by atoms with Gasteiger partial charge in [-0.2, -0.15) is 0 Å². The summed E-state index contributed by atoms with van der Waals surface area (Å²) >= 11 is 0. The molecule has 0 N–H and O–H groups in total. The van der Waals surface area contributed by atoms with E-state index in [0.717, 1.165) is 49.3 Å². The topological polar surface area (TPSA) is 114 Å². The van der Waals surface area contributed by atoms with E-state index in [1.807, 2.05) is 24.3 Å². The molecule has 0 amide bonds. The van der Waals surface area contributed by atoms with E-state index in [1.54, 1.807) is 24.3 Å². The third-order valence-corrected chi connectivity index (χ3v) is 8.70. The lowest BCUT2D eigenvalue weighted by Crippen LogP contribution is -2.35. The summed E-state index contributed by atoms with van der Waals surface area (Å²) in [6.07, 6.45) is 6.42. The number of esters is 3. The predicted molar refractivity (Wildman–Crippen MR) is 185 cm³/mol. The second kappa shape index (κ2) is 18.6. The number of carbonyl (C=O) groups excluding carboxylic acids is 4. The Morgan fingerprint density at radius 1 is 0.714 bits per heavy atom. The molecule has 0 bridgehead atoms. The van der Waals surface area contributed by atoms with Crippen LogP contribution in [0.5, 0.6) is 11.5 Å². The average Bonchev–Trinajstić information content (AvgIpc) is 3.09. The van der Waals surface area contributed by atoms with Gasteiger partial charge < -0.3 is 23.7 Å². The van der Waals surface area contributed by atoms with Crippen molar-refractivity contribution in [3.05, 3.63) is 96.6 Å². The Bertz CT molecular complexity index is 1540. The summed E-state index contributed by atoms with van der Waals surface area (Å²) in [6.45, 7) is 10.5. The molecule has 3 aromatic carbocycles. The van der Waals surface area contributed by atoms with Gasteiger partial charge in [-0.05, 0) is 116 Å². The van der Waals surface area contributed by atoms with E-state index < -0.39 is 18.1 Å². The maximum atomic E-state index is 13.0. The molecule has 0 aromatic heterocycles. The minimum Gasteiger partial charge on any atom is -0.463 e. The average molecular weight is 671 g/mol. The van der Waals surface area contributed by atoms with Crippen molar-refractivity contribution >= 4 is 24.1 Å². The van der Waals surface area contributed by atoms with Crippen LogP contribution in [0.3, 0.4) is 0 Å². The molecule has 9 heteroatoms. The Balaban J connectivity index is 1.19. The predicted octanol–water partition coefficient (Wildman–Crippen LogP) is 9.00. The number of carbonyl (C=O) groups is 4. The van der Waals surface area contributed by atoms with Crippen molar-refractivity contribution < 1.29 is 42.9 Å². The van der Waals surface area contributed by atoms with E-state index >= 15 is 0 Å². The van der Waals surface area contributed by atoms with Crippen LogP contribution in [-0.2, 0) is 19.0 Å². The summed E-state index contributed by atoms with van der Waals surface area (Å²) in [5.74, 6) is 0.729. The van der Waals surface area contributed by atoms with Crippen LogP contribution >= 0.6 is 0 Å². The molecular formula is C40H46O9. The molecule has 1 aliphatic rings. The zero-order valence-electron chi connectivity index (χ0n) is 28.6. The largest absolute Gasteiger partial charge is 0.513 e. The van der Waals surface area contributed by atoms with Gasteiger partial charge in [0.1, 0.15) is 17.6 Å². The summed E-state index contributed by atoms with van der Waals surface area (Å²) in [4.78, 5) is 48.6. The lowest BCUT2D eigenvalue weighted by atomic mass is 9.75. The first kappa shape index (κ1) is 36.9. The molecule has 0 spiro atoms. The number of benzene rings is 3. The van der Waals surface area contributed by atoms with Gasteiger partial charge in [0.25, 0.3) is 0 Å². The first-order valence-corrected chi connectivity index (χ1v) is 17.0. The Labute approximate surface area is 288 Å². The molecule has 1 fully saturated rings. The van der Waals surface area contributed by atoms with Gasteiger partial charge in [0.05, 0.1) is 24.3 Å². The van der Waals surface area contributed by atoms with Crippen LogP contribution in [0.4, 0.5) is 4.79 Å². The van der Waals surface area contributed by atoms with E-state index in [0.29, 0.717) is 42.1 Å². The quantitative estimate of drug-likeness (QED) is 0.0390. The molecule has 9 nitrogen and oxygen atoms in total. The van der Waals surface area contributed by atoms with Gasteiger partial charge in [0, 0.05) is 6.08 Å². The van der Waals surface area contributed by atoms with Gasteiger partial charge in [-0.1, -0.05) is 58.0 Å².